The molecule has 1 aliphatic carbocycles. The van der Waals surface area contributed by atoms with Crippen molar-refractivity contribution in [3.05, 3.63) is 5.82 Å². The van der Waals surface area contributed by atoms with E-state index in [0.29, 0.717) is 0 Å². The molecule has 17 heavy (non-hydrogen) atoms. The Hall–Kier alpha value is -0.680. The third-order valence-corrected chi connectivity index (χ3v) is 4.11. The van der Waals surface area contributed by atoms with Gasteiger partial charge in [0.15, 0.2) is 5.82 Å². The lowest BCUT2D eigenvalue weighted by Gasteiger charge is -2.29. The zero-order valence-corrected chi connectivity index (χ0v) is 11.5. The summed E-state index contributed by atoms with van der Waals surface area (Å²) in [7, 11) is 1.88. The Bertz CT molecular complexity index is 345. The van der Waals surface area contributed by atoms with E-state index >= 15 is 0 Å². The monoisotopic (exact) mass is 255 g/mol. The minimum Gasteiger partial charge on any atom is -0.367 e. The highest BCUT2D eigenvalue weighted by Gasteiger charge is 2.37. The molecule has 0 radical (unpaired) electrons. The predicted molar refractivity (Wildman–Crippen MR) is 70.5 cm³/mol. The fourth-order valence-corrected chi connectivity index (χ4v) is 3.12. The third kappa shape index (κ3) is 2.77. The van der Waals surface area contributed by atoms with Gasteiger partial charge in [0.05, 0.1) is 0 Å². The second kappa shape index (κ2) is 5.78. The Balaban J connectivity index is 2.24. The summed E-state index contributed by atoms with van der Waals surface area (Å²) < 4.78 is 10.5. The molecule has 0 unspecified atom stereocenters. The first-order valence-corrected chi connectivity index (χ1v) is 7.24. The smallest absolute Gasteiger partial charge is 0.202 e. The molecule has 0 aliphatic heterocycles. The Labute approximate surface area is 107 Å². The van der Waals surface area contributed by atoms with Crippen molar-refractivity contribution in [2.75, 3.05) is 19.0 Å². The van der Waals surface area contributed by atoms with Gasteiger partial charge in [0, 0.05) is 25.2 Å². The highest BCUT2D eigenvalue weighted by Crippen LogP contribution is 2.38. The van der Waals surface area contributed by atoms with Gasteiger partial charge in [0.1, 0.15) is 5.60 Å². The quantitative estimate of drug-likeness (QED) is 0.839. The summed E-state index contributed by atoms with van der Waals surface area (Å²) in [5.41, 5.74) is -0.225. The maximum Gasteiger partial charge on any atom is 0.202 e. The summed E-state index contributed by atoms with van der Waals surface area (Å²) in [6, 6.07) is 0. The summed E-state index contributed by atoms with van der Waals surface area (Å²) in [6.45, 7) is 2.78. The average Bonchev–Trinajstić information content (AvgIpc) is 2.71. The lowest BCUT2D eigenvalue weighted by Crippen LogP contribution is -2.30. The number of rotatable bonds is 4. The van der Waals surface area contributed by atoms with Crippen LogP contribution in [0.25, 0.3) is 0 Å². The molecular weight excluding hydrogens is 234 g/mol. The molecule has 1 saturated carbocycles. The molecule has 0 aromatic carbocycles. The van der Waals surface area contributed by atoms with E-state index in [1.807, 2.05) is 7.05 Å². The molecule has 5 heteroatoms. The second-order valence-electron chi connectivity index (χ2n) is 4.51. The van der Waals surface area contributed by atoms with E-state index in [1.54, 1.807) is 0 Å². The molecule has 0 saturated heterocycles. The first-order valence-electron chi connectivity index (χ1n) is 6.46. The van der Waals surface area contributed by atoms with Crippen LogP contribution < -0.4 is 5.32 Å². The fourth-order valence-electron chi connectivity index (χ4n) is 2.52. The lowest BCUT2D eigenvalue weighted by molar-refractivity contribution is -0.0615. The standard InChI is InChI=1S/C12H21N3OS/c1-3-16-12(8-6-4-5-7-9-12)10-14-11(13-2)17-15-10/h3-9H2,1-2H3,(H,13,14,15). The molecule has 2 rings (SSSR count). The largest absolute Gasteiger partial charge is 0.367 e. The number of hydrogen-bond donors (Lipinski definition) is 1. The Morgan fingerprint density at radius 1 is 1.29 bits per heavy atom. The molecule has 1 heterocycles. The number of anilines is 1. The van der Waals surface area contributed by atoms with Gasteiger partial charge in [0.25, 0.3) is 0 Å². The number of nitrogens with one attached hydrogen (secondary N) is 1. The summed E-state index contributed by atoms with van der Waals surface area (Å²) >= 11 is 1.42. The molecule has 1 fully saturated rings. The van der Waals surface area contributed by atoms with Crippen molar-refractivity contribution in [2.45, 2.75) is 51.0 Å². The van der Waals surface area contributed by atoms with Crippen LogP contribution in [0.1, 0.15) is 51.3 Å². The van der Waals surface area contributed by atoms with Crippen molar-refractivity contribution >= 4 is 16.7 Å². The summed E-state index contributed by atoms with van der Waals surface area (Å²) in [5.74, 6) is 0.885. The van der Waals surface area contributed by atoms with Gasteiger partial charge in [-0.15, -0.1) is 0 Å². The summed E-state index contributed by atoms with van der Waals surface area (Å²) in [6.07, 6.45) is 7.15. The van der Waals surface area contributed by atoms with Crippen molar-refractivity contribution in [1.29, 1.82) is 0 Å². The Morgan fingerprint density at radius 3 is 2.53 bits per heavy atom. The van der Waals surface area contributed by atoms with Gasteiger partial charge >= 0.3 is 0 Å². The molecule has 96 valence electrons. The van der Waals surface area contributed by atoms with Crippen LogP contribution in [-0.2, 0) is 10.3 Å². The molecule has 1 aromatic heterocycles. The molecule has 0 bridgehead atoms. The lowest BCUT2D eigenvalue weighted by atomic mass is 9.93. The third-order valence-electron chi connectivity index (χ3n) is 3.38. The highest BCUT2D eigenvalue weighted by molar-refractivity contribution is 7.09. The predicted octanol–water partition coefficient (Wildman–Crippen LogP) is 3.17. The topological polar surface area (TPSA) is 47.0 Å². The van der Waals surface area contributed by atoms with Crippen molar-refractivity contribution in [3.63, 3.8) is 0 Å². The zero-order chi connectivity index (χ0) is 12.1. The van der Waals surface area contributed by atoms with E-state index < -0.39 is 0 Å². The van der Waals surface area contributed by atoms with Crippen LogP contribution in [0.2, 0.25) is 0 Å². The van der Waals surface area contributed by atoms with Crippen molar-refractivity contribution < 1.29 is 4.74 Å². The van der Waals surface area contributed by atoms with Gasteiger partial charge in [-0.05, 0) is 19.8 Å². The normalized spacial score (nSPS) is 19.9. The molecule has 1 N–H and O–H groups in total. The van der Waals surface area contributed by atoms with Gasteiger partial charge in [-0.2, -0.15) is 4.37 Å². The van der Waals surface area contributed by atoms with Crippen LogP contribution in [0.3, 0.4) is 0 Å². The number of aromatic nitrogens is 2. The van der Waals surface area contributed by atoms with Crippen molar-refractivity contribution in [2.24, 2.45) is 0 Å². The molecule has 0 amide bonds. The van der Waals surface area contributed by atoms with E-state index in [0.717, 1.165) is 30.4 Å². The van der Waals surface area contributed by atoms with Crippen LogP contribution in [0.5, 0.6) is 0 Å². The highest BCUT2D eigenvalue weighted by atomic mass is 32.1. The van der Waals surface area contributed by atoms with Crippen LogP contribution in [0.15, 0.2) is 0 Å². The number of ether oxygens (including phenoxy) is 1. The zero-order valence-electron chi connectivity index (χ0n) is 10.7. The molecule has 1 aliphatic rings. The van der Waals surface area contributed by atoms with Gasteiger partial charge in [-0.25, -0.2) is 4.98 Å². The first-order chi connectivity index (χ1) is 8.30. The maximum atomic E-state index is 6.05. The van der Waals surface area contributed by atoms with E-state index in [9.17, 15) is 0 Å². The van der Waals surface area contributed by atoms with Gasteiger partial charge in [-0.3, -0.25) is 0 Å². The average molecular weight is 255 g/mol. The van der Waals surface area contributed by atoms with Crippen molar-refractivity contribution in [3.8, 4) is 0 Å². The molecule has 1 aromatic rings. The van der Waals surface area contributed by atoms with E-state index in [1.165, 1.54) is 37.2 Å². The van der Waals surface area contributed by atoms with Crippen molar-refractivity contribution in [1.82, 2.24) is 9.36 Å². The first kappa shape index (κ1) is 12.8. The molecule has 0 spiro atoms. The van der Waals surface area contributed by atoms with E-state index in [4.69, 9.17) is 4.74 Å². The van der Waals surface area contributed by atoms with E-state index in [2.05, 4.69) is 21.6 Å². The Morgan fingerprint density at radius 2 is 2.00 bits per heavy atom. The SMILES string of the molecule is CCOC1(c2nsc(NC)n2)CCCCCC1. The molecular formula is C12H21N3OS. The van der Waals surface area contributed by atoms with Gasteiger partial charge in [0.2, 0.25) is 5.13 Å². The van der Waals surface area contributed by atoms with Crippen LogP contribution >= 0.6 is 11.5 Å². The van der Waals surface area contributed by atoms with E-state index in [-0.39, 0.29) is 5.60 Å². The van der Waals surface area contributed by atoms with Gasteiger partial charge < -0.3 is 10.1 Å². The molecule has 4 nitrogen and oxygen atoms in total. The van der Waals surface area contributed by atoms with Crippen LogP contribution in [0.4, 0.5) is 5.13 Å². The summed E-state index contributed by atoms with van der Waals surface area (Å²) in [4.78, 5) is 4.56. The maximum absolute atomic E-state index is 6.05. The minimum atomic E-state index is -0.225. The van der Waals surface area contributed by atoms with Gasteiger partial charge in [-0.1, -0.05) is 25.7 Å². The Kier molecular flexibility index (Phi) is 4.34. The number of hydrogen-bond acceptors (Lipinski definition) is 5. The summed E-state index contributed by atoms with van der Waals surface area (Å²) in [5, 5.41) is 3.93. The fraction of sp³-hybridized carbons (Fsp3) is 0.833. The second-order valence-corrected chi connectivity index (χ2v) is 5.27. The minimum absolute atomic E-state index is 0.225. The van der Waals surface area contributed by atoms with Crippen LogP contribution in [-0.4, -0.2) is 23.0 Å². The van der Waals surface area contributed by atoms with Crippen LogP contribution in [0, 0.1) is 0 Å². The number of nitrogens with zero attached hydrogens (tertiary/aromatic N) is 2. The molecule has 0 atom stereocenters.